The lowest BCUT2D eigenvalue weighted by Crippen LogP contribution is -2.35. The summed E-state index contributed by atoms with van der Waals surface area (Å²) in [5.74, 6) is 1.46. The zero-order chi connectivity index (χ0) is 11.5. The molecule has 2 unspecified atom stereocenters. The molecule has 88 valence electrons. The van der Waals surface area contributed by atoms with Crippen LogP contribution < -0.4 is 4.90 Å². The summed E-state index contributed by atoms with van der Waals surface area (Å²) < 4.78 is 0. The van der Waals surface area contributed by atoms with E-state index >= 15 is 0 Å². The second kappa shape index (κ2) is 5.01. The standard InChI is InChI=1S/C11H17N3OS/c1-8-3-4-14(9(8)6-15)10-5-11(16-2)13-7-12-10/h5,7-9,15H,3-4,6H2,1-2H3. The lowest BCUT2D eigenvalue weighted by molar-refractivity contribution is 0.244. The van der Waals surface area contributed by atoms with Gasteiger partial charge in [-0.25, -0.2) is 9.97 Å². The molecule has 1 N–H and O–H groups in total. The van der Waals surface area contributed by atoms with Crippen molar-refractivity contribution in [3.8, 4) is 0 Å². The second-order valence-electron chi connectivity index (χ2n) is 4.13. The lowest BCUT2D eigenvalue weighted by Gasteiger charge is -2.26. The van der Waals surface area contributed by atoms with Gasteiger partial charge in [-0.3, -0.25) is 0 Å². The molecule has 0 bridgehead atoms. The molecule has 1 aliphatic rings. The van der Waals surface area contributed by atoms with E-state index in [1.807, 2.05) is 12.3 Å². The molecule has 0 radical (unpaired) electrons. The number of hydrogen-bond acceptors (Lipinski definition) is 5. The molecule has 0 aromatic carbocycles. The fraction of sp³-hybridized carbons (Fsp3) is 0.636. The molecule has 0 spiro atoms. The number of aromatic nitrogens is 2. The van der Waals surface area contributed by atoms with Gasteiger partial charge in [0.1, 0.15) is 17.2 Å². The molecule has 1 aromatic rings. The summed E-state index contributed by atoms with van der Waals surface area (Å²) in [7, 11) is 0. The van der Waals surface area contributed by atoms with Crippen LogP contribution in [0.4, 0.5) is 5.82 Å². The predicted octanol–water partition coefficient (Wildman–Crippen LogP) is 1.41. The first kappa shape index (κ1) is 11.7. The fourth-order valence-electron chi connectivity index (χ4n) is 2.17. The zero-order valence-electron chi connectivity index (χ0n) is 9.63. The van der Waals surface area contributed by atoms with Crippen LogP contribution >= 0.6 is 11.8 Å². The monoisotopic (exact) mass is 239 g/mol. The predicted molar refractivity (Wildman–Crippen MR) is 65.8 cm³/mol. The molecular weight excluding hydrogens is 222 g/mol. The SMILES string of the molecule is CSc1cc(N2CCC(C)C2CO)ncn1. The smallest absolute Gasteiger partial charge is 0.133 e. The Kier molecular flexibility index (Phi) is 3.66. The Labute approximate surface area is 100 Å². The Morgan fingerprint density at radius 1 is 1.56 bits per heavy atom. The van der Waals surface area contributed by atoms with Crippen LogP contribution in [0.1, 0.15) is 13.3 Å². The van der Waals surface area contributed by atoms with Gasteiger partial charge >= 0.3 is 0 Å². The van der Waals surface area contributed by atoms with E-state index in [-0.39, 0.29) is 12.6 Å². The normalized spacial score (nSPS) is 25.1. The Morgan fingerprint density at radius 3 is 3.06 bits per heavy atom. The highest BCUT2D eigenvalue weighted by Crippen LogP contribution is 2.29. The van der Waals surface area contributed by atoms with Crippen LogP contribution in [0.25, 0.3) is 0 Å². The van der Waals surface area contributed by atoms with Crippen molar-refractivity contribution in [3.63, 3.8) is 0 Å². The van der Waals surface area contributed by atoms with Crippen molar-refractivity contribution in [2.45, 2.75) is 24.4 Å². The van der Waals surface area contributed by atoms with Gasteiger partial charge in [0.2, 0.25) is 0 Å². The lowest BCUT2D eigenvalue weighted by atomic mass is 10.0. The zero-order valence-corrected chi connectivity index (χ0v) is 10.4. The topological polar surface area (TPSA) is 49.2 Å². The molecule has 2 atom stereocenters. The molecule has 1 aliphatic heterocycles. The number of thioether (sulfide) groups is 1. The molecule has 2 rings (SSSR count). The van der Waals surface area contributed by atoms with Gasteiger partial charge in [-0.15, -0.1) is 11.8 Å². The summed E-state index contributed by atoms with van der Waals surface area (Å²) in [5.41, 5.74) is 0. The Balaban J connectivity index is 2.22. The van der Waals surface area contributed by atoms with Crippen LogP contribution in [0.2, 0.25) is 0 Å². The van der Waals surface area contributed by atoms with E-state index in [1.165, 1.54) is 0 Å². The van der Waals surface area contributed by atoms with Crippen molar-refractivity contribution < 1.29 is 5.11 Å². The number of rotatable bonds is 3. The molecule has 4 nitrogen and oxygen atoms in total. The molecule has 0 amide bonds. The van der Waals surface area contributed by atoms with Crippen molar-refractivity contribution in [1.82, 2.24) is 9.97 Å². The van der Waals surface area contributed by atoms with Gasteiger partial charge in [0.15, 0.2) is 0 Å². The summed E-state index contributed by atoms with van der Waals surface area (Å²) in [6.45, 7) is 3.34. The highest BCUT2D eigenvalue weighted by Gasteiger charge is 2.31. The summed E-state index contributed by atoms with van der Waals surface area (Å²) in [6.07, 6.45) is 4.71. The maximum atomic E-state index is 9.40. The van der Waals surface area contributed by atoms with E-state index < -0.39 is 0 Å². The highest BCUT2D eigenvalue weighted by atomic mass is 32.2. The second-order valence-corrected chi connectivity index (χ2v) is 4.95. The Hall–Kier alpha value is -0.810. The van der Waals surface area contributed by atoms with Crippen molar-refractivity contribution in [1.29, 1.82) is 0 Å². The molecule has 0 saturated carbocycles. The molecule has 1 aromatic heterocycles. The third-order valence-electron chi connectivity index (χ3n) is 3.20. The minimum absolute atomic E-state index is 0.194. The van der Waals surface area contributed by atoms with Gasteiger partial charge in [0.05, 0.1) is 12.6 Å². The Bertz CT molecular complexity index is 361. The number of hydrogen-bond donors (Lipinski definition) is 1. The third kappa shape index (κ3) is 2.15. The number of anilines is 1. The first-order chi connectivity index (χ1) is 7.76. The van der Waals surface area contributed by atoms with Crippen LogP contribution in [0.5, 0.6) is 0 Å². The van der Waals surface area contributed by atoms with Crippen molar-refractivity contribution in [2.75, 3.05) is 24.3 Å². The molecule has 1 fully saturated rings. The van der Waals surface area contributed by atoms with Gasteiger partial charge < -0.3 is 10.0 Å². The minimum Gasteiger partial charge on any atom is -0.394 e. The van der Waals surface area contributed by atoms with Crippen molar-refractivity contribution in [2.24, 2.45) is 5.92 Å². The van der Waals surface area contributed by atoms with E-state index in [1.54, 1.807) is 18.1 Å². The van der Waals surface area contributed by atoms with E-state index in [0.717, 1.165) is 23.8 Å². The maximum Gasteiger partial charge on any atom is 0.133 e. The highest BCUT2D eigenvalue weighted by molar-refractivity contribution is 7.98. The van der Waals surface area contributed by atoms with Crippen LogP contribution in [0, 0.1) is 5.92 Å². The average Bonchev–Trinajstić information content (AvgIpc) is 2.70. The quantitative estimate of drug-likeness (QED) is 0.638. The van der Waals surface area contributed by atoms with Gasteiger partial charge in [-0.05, 0) is 18.6 Å². The van der Waals surface area contributed by atoms with Crippen LogP contribution in [0.15, 0.2) is 17.4 Å². The average molecular weight is 239 g/mol. The van der Waals surface area contributed by atoms with Gasteiger partial charge in [-0.1, -0.05) is 6.92 Å². The summed E-state index contributed by atoms with van der Waals surface area (Å²) >= 11 is 1.61. The number of aliphatic hydroxyl groups excluding tert-OH is 1. The van der Waals surface area contributed by atoms with Crippen molar-refractivity contribution >= 4 is 17.6 Å². The minimum atomic E-state index is 0.194. The number of nitrogens with zero attached hydrogens (tertiary/aromatic N) is 3. The Morgan fingerprint density at radius 2 is 2.38 bits per heavy atom. The van der Waals surface area contributed by atoms with Gasteiger partial charge in [-0.2, -0.15) is 0 Å². The van der Waals surface area contributed by atoms with E-state index in [2.05, 4.69) is 21.8 Å². The van der Waals surface area contributed by atoms with Crippen LogP contribution in [-0.4, -0.2) is 40.5 Å². The largest absolute Gasteiger partial charge is 0.394 e. The molecule has 5 heteroatoms. The number of aliphatic hydroxyl groups is 1. The van der Waals surface area contributed by atoms with E-state index in [0.29, 0.717) is 5.92 Å². The molecule has 0 aliphatic carbocycles. The summed E-state index contributed by atoms with van der Waals surface area (Å²) in [6, 6.07) is 2.19. The molecule has 2 heterocycles. The molecule has 16 heavy (non-hydrogen) atoms. The van der Waals surface area contributed by atoms with Gasteiger partial charge in [0, 0.05) is 12.6 Å². The fourth-order valence-corrected chi connectivity index (χ4v) is 2.55. The van der Waals surface area contributed by atoms with Crippen LogP contribution in [0.3, 0.4) is 0 Å². The molecular formula is C11H17N3OS. The maximum absolute atomic E-state index is 9.40. The third-order valence-corrected chi connectivity index (χ3v) is 3.84. The first-order valence-electron chi connectivity index (χ1n) is 5.49. The van der Waals surface area contributed by atoms with Crippen molar-refractivity contribution in [3.05, 3.63) is 12.4 Å². The summed E-state index contributed by atoms with van der Waals surface area (Å²) in [4.78, 5) is 10.6. The molecule has 1 saturated heterocycles. The van der Waals surface area contributed by atoms with Crippen LogP contribution in [-0.2, 0) is 0 Å². The first-order valence-corrected chi connectivity index (χ1v) is 6.72. The van der Waals surface area contributed by atoms with E-state index in [9.17, 15) is 5.11 Å². The van der Waals surface area contributed by atoms with E-state index in [4.69, 9.17) is 0 Å². The van der Waals surface area contributed by atoms with Gasteiger partial charge in [0.25, 0.3) is 0 Å². The summed E-state index contributed by atoms with van der Waals surface area (Å²) in [5, 5.41) is 10.4.